The second kappa shape index (κ2) is 19.5. The lowest BCUT2D eigenvalue weighted by molar-refractivity contribution is -0.141. The summed E-state index contributed by atoms with van der Waals surface area (Å²) in [5.41, 5.74) is 0.367. The number of methoxy groups -OCH3 is 1. The highest BCUT2D eigenvalue weighted by molar-refractivity contribution is 5.82. The van der Waals surface area contributed by atoms with Gasteiger partial charge in [-0.05, 0) is 55.1 Å². The first-order chi connectivity index (χ1) is 22.9. The highest BCUT2D eigenvalue weighted by Gasteiger charge is 2.39. The van der Waals surface area contributed by atoms with Crippen LogP contribution in [0.15, 0.2) is 18.5 Å². The number of pyridine rings is 1. The zero-order chi connectivity index (χ0) is 35.1. The van der Waals surface area contributed by atoms with Crippen LogP contribution in [-0.2, 0) is 28.6 Å². The molecule has 2 unspecified atom stereocenters. The Morgan fingerprint density at radius 3 is 2.48 bits per heavy atom. The predicted octanol–water partition coefficient (Wildman–Crippen LogP) is 4.01. The van der Waals surface area contributed by atoms with Crippen molar-refractivity contribution >= 4 is 23.9 Å². The second-order valence-corrected chi connectivity index (χ2v) is 13.5. The van der Waals surface area contributed by atoms with Crippen molar-refractivity contribution in [3.05, 3.63) is 24.0 Å². The normalized spacial score (nSPS) is 20.6. The van der Waals surface area contributed by atoms with E-state index in [-0.39, 0.29) is 68.6 Å². The molecule has 0 aromatic carbocycles. The van der Waals surface area contributed by atoms with Crippen LogP contribution in [0, 0.1) is 17.3 Å². The number of esters is 1. The van der Waals surface area contributed by atoms with Gasteiger partial charge in [0.05, 0.1) is 58.1 Å². The molecule has 2 aliphatic rings. The van der Waals surface area contributed by atoms with Gasteiger partial charge in [-0.25, -0.2) is 9.18 Å². The van der Waals surface area contributed by atoms with Gasteiger partial charge in [-0.3, -0.25) is 19.4 Å². The van der Waals surface area contributed by atoms with Crippen molar-refractivity contribution in [3.63, 3.8) is 0 Å². The van der Waals surface area contributed by atoms with Crippen LogP contribution in [0.1, 0.15) is 77.3 Å². The van der Waals surface area contributed by atoms with E-state index in [1.807, 2.05) is 20.8 Å². The van der Waals surface area contributed by atoms with Crippen LogP contribution in [0.2, 0.25) is 0 Å². The van der Waals surface area contributed by atoms with E-state index in [1.165, 1.54) is 18.2 Å². The second-order valence-electron chi connectivity index (χ2n) is 13.5. The number of hydrogen-bond acceptors (Lipinski definition) is 9. The number of nitrogens with zero attached hydrogens (tertiary/aromatic N) is 3. The third kappa shape index (κ3) is 12.5. The van der Waals surface area contributed by atoms with Crippen molar-refractivity contribution in [2.45, 2.75) is 77.8 Å². The van der Waals surface area contributed by atoms with Gasteiger partial charge in [0.25, 0.3) is 0 Å². The molecule has 2 saturated heterocycles. The highest BCUT2D eigenvalue weighted by atomic mass is 19.1. The van der Waals surface area contributed by atoms with E-state index in [4.69, 9.17) is 18.9 Å². The summed E-state index contributed by atoms with van der Waals surface area (Å²) in [5, 5.41) is 12.6. The van der Waals surface area contributed by atoms with Gasteiger partial charge in [0.1, 0.15) is 19.0 Å². The molecule has 0 bridgehead atoms. The number of piperidine rings is 2. The molecule has 2 fully saturated rings. The van der Waals surface area contributed by atoms with Crippen molar-refractivity contribution in [1.29, 1.82) is 0 Å². The average molecular weight is 681 g/mol. The molecule has 270 valence electrons. The van der Waals surface area contributed by atoms with Crippen LogP contribution in [-0.4, -0.2) is 116 Å². The summed E-state index contributed by atoms with van der Waals surface area (Å²) >= 11 is 0. The first-order valence-electron chi connectivity index (χ1n) is 16.9. The summed E-state index contributed by atoms with van der Waals surface area (Å²) in [6, 6.07) is 0.877. The van der Waals surface area contributed by atoms with Crippen LogP contribution >= 0.6 is 0 Å². The molecule has 2 aliphatic heterocycles. The van der Waals surface area contributed by atoms with Crippen LogP contribution in [0.5, 0.6) is 5.75 Å². The summed E-state index contributed by atoms with van der Waals surface area (Å²) in [4.78, 5) is 58.4. The Bertz CT molecular complexity index is 1200. The number of nitrogens with one attached hydrogen (secondary N) is 1. The number of likely N-dealkylation sites (tertiary alicyclic amines) is 2. The molecule has 0 radical (unpaired) electrons. The van der Waals surface area contributed by atoms with Crippen molar-refractivity contribution in [1.82, 2.24) is 20.1 Å². The number of carbonyl (C=O) groups is 4. The Morgan fingerprint density at radius 1 is 1.06 bits per heavy atom. The monoisotopic (exact) mass is 680 g/mol. The number of ether oxygens (including phenoxy) is 4. The summed E-state index contributed by atoms with van der Waals surface area (Å²) < 4.78 is 33.1. The number of amides is 3. The minimum atomic E-state index is -0.899. The molecule has 14 heteroatoms. The fraction of sp³-hybridized carbons (Fsp3) is 0.735. The van der Waals surface area contributed by atoms with Crippen molar-refractivity contribution in [3.8, 4) is 5.75 Å². The SMILES string of the molecule is COC(=O)C[C@H](NC(=O)[C@@H]1CCCN(C(=O)CCC2CCN(C(=O)O)C(C(C)(C)C)C2)C1)c1cncc(OCCOCCOCCF)c1. The number of carbonyl (C=O) groups excluding carboxylic acids is 3. The van der Waals surface area contributed by atoms with E-state index in [9.17, 15) is 28.7 Å². The van der Waals surface area contributed by atoms with Crippen LogP contribution in [0.3, 0.4) is 0 Å². The Hall–Kier alpha value is -3.52. The highest BCUT2D eigenvalue weighted by Crippen LogP contribution is 2.36. The maximum absolute atomic E-state index is 13.5. The zero-order valence-electron chi connectivity index (χ0n) is 28.8. The minimum Gasteiger partial charge on any atom is -0.490 e. The number of halogens is 1. The number of rotatable bonds is 17. The molecule has 4 atom stereocenters. The van der Waals surface area contributed by atoms with E-state index in [2.05, 4.69) is 10.3 Å². The maximum atomic E-state index is 13.5. The quantitative estimate of drug-likeness (QED) is 0.182. The lowest BCUT2D eigenvalue weighted by Gasteiger charge is -2.44. The van der Waals surface area contributed by atoms with Gasteiger partial charge in [0, 0.05) is 38.3 Å². The standard InChI is InChI=1S/C34H53FN4O9/c1-34(2,3)29-18-24(9-12-39(29)33(43)44)7-8-30(40)38-11-5-6-25(23-38)32(42)37-28(20-31(41)45-4)26-19-27(22-36-21-26)48-17-16-47-15-14-46-13-10-35/h19,21-22,24-25,28-29H,5-18,20,23H2,1-4H3,(H,37,42)(H,43,44)/t24?,25-,28+,29?/m1/s1. The summed E-state index contributed by atoms with van der Waals surface area (Å²) in [6.07, 6.45) is 5.85. The fourth-order valence-electron chi connectivity index (χ4n) is 6.35. The van der Waals surface area contributed by atoms with E-state index in [1.54, 1.807) is 17.2 Å². The van der Waals surface area contributed by atoms with Crippen LogP contribution in [0.4, 0.5) is 9.18 Å². The summed E-state index contributed by atoms with van der Waals surface area (Å²) in [7, 11) is 1.28. The summed E-state index contributed by atoms with van der Waals surface area (Å²) in [5.74, 6) is -0.512. The molecule has 3 heterocycles. The van der Waals surface area contributed by atoms with E-state index >= 15 is 0 Å². The molecule has 0 saturated carbocycles. The van der Waals surface area contributed by atoms with Gasteiger partial charge < -0.3 is 39.2 Å². The molecule has 3 amide bonds. The molecule has 1 aromatic rings. The van der Waals surface area contributed by atoms with Gasteiger partial charge in [0.2, 0.25) is 11.8 Å². The molecular weight excluding hydrogens is 627 g/mol. The van der Waals surface area contributed by atoms with Gasteiger partial charge in [-0.2, -0.15) is 0 Å². The van der Waals surface area contributed by atoms with E-state index in [0.717, 1.165) is 12.8 Å². The predicted molar refractivity (Wildman–Crippen MR) is 174 cm³/mol. The third-order valence-electron chi connectivity index (χ3n) is 9.01. The Kier molecular flexibility index (Phi) is 15.8. The molecule has 0 spiro atoms. The topological polar surface area (TPSA) is 157 Å². The zero-order valence-corrected chi connectivity index (χ0v) is 28.8. The van der Waals surface area contributed by atoms with Crippen molar-refractivity contribution in [2.24, 2.45) is 17.3 Å². The minimum absolute atomic E-state index is 0.00287. The molecule has 13 nitrogen and oxygen atoms in total. The van der Waals surface area contributed by atoms with E-state index < -0.39 is 30.7 Å². The Balaban J connectivity index is 1.54. The average Bonchev–Trinajstić information content (AvgIpc) is 3.07. The summed E-state index contributed by atoms with van der Waals surface area (Å²) in [6.45, 7) is 8.08. The Morgan fingerprint density at radius 2 is 1.79 bits per heavy atom. The third-order valence-corrected chi connectivity index (χ3v) is 9.01. The number of hydrogen-bond donors (Lipinski definition) is 2. The number of aromatic nitrogens is 1. The van der Waals surface area contributed by atoms with Crippen molar-refractivity contribution < 1.29 is 47.6 Å². The number of carboxylic acid groups (broad SMARTS) is 1. The molecule has 3 rings (SSSR count). The van der Waals surface area contributed by atoms with Gasteiger partial charge in [0.15, 0.2) is 0 Å². The molecule has 0 aliphatic carbocycles. The van der Waals surface area contributed by atoms with Crippen LogP contribution < -0.4 is 10.1 Å². The maximum Gasteiger partial charge on any atom is 0.407 e. The van der Waals surface area contributed by atoms with Gasteiger partial charge >= 0.3 is 12.1 Å². The molecular formula is C34H53FN4O9. The molecule has 48 heavy (non-hydrogen) atoms. The first-order valence-corrected chi connectivity index (χ1v) is 16.9. The smallest absolute Gasteiger partial charge is 0.407 e. The lowest BCUT2D eigenvalue weighted by atomic mass is 9.76. The van der Waals surface area contributed by atoms with Crippen molar-refractivity contribution in [2.75, 3.05) is 66.5 Å². The number of alkyl halides is 1. The largest absolute Gasteiger partial charge is 0.490 e. The first kappa shape index (κ1) is 38.9. The Labute approximate surface area is 282 Å². The fourth-order valence-corrected chi connectivity index (χ4v) is 6.35. The lowest BCUT2D eigenvalue weighted by Crippen LogP contribution is -2.51. The van der Waals surface area contributed by atoms with Gasteiger partial charge in [-0.1, -0.05) is 20.8 Å². The molecule has 1 aromatic heterocycles. The van der Waals surface area contributed by atoms with Gasteiger partial charge in [-0.15, -0.1) is 0 Å². The van der Waals surface area contributed by atoms with E-state index in [0.29, 0.717) is 56.7 Å². The van der Waals surface area contributed by atoms with Crippen LogP contribution in [0.25, 0.3) is 0 Å². The molecule has 2 N–H and O–H groups in total.